The molecule has 0 unspecified atom stereocenters. The van der Waals surface area contributed by atoms with E-state index in [0.717, 1.165) is 17.2 Å². The third kappa shape index (κ3) is 2.97. The molecule has 126 valence electrons. The van der Waals surface area contributed by atoms with Crippen LogP contribution >= 0.6 is 0 Å². The molecule has 1 fully saturated rings. The second kappa shape index (κ2) is 6.34. The minimum absolute atomic E-state index is 0.0257. The van der Waals surface area contributed by atoms with E-state index in [9.17, 15) is 18.0 Å². The molecule has 0 saturated carbocycles. The first-order valence-electron chi connectivity index (χ1n) is 7.14. The molecule has 1 aromatic carbocycles. The highest BCUT2D eigenvalue weighted by Gasteiger charge is 2.28. The smallest absolute Gasteiger partial charge is 0.415 e. The maximum absolute atomic E-state index is 13.9. The van der Waals surface area contributed by atoms with Gasteiger partial charge in [0.2, 0.25) is 5.95 Å². The maximum atomic E-state index is 13.9. The van der Waals surface area contributed by atoms with E-state index in [1.54, 1.807) is 6.92 Å². The number of rotatable bonds is 4. The summed E-state index contributed by atoms with van der Waals surface area (Å²) in [5.74, 6) is -3.00. The van der Waals surface area contributed by atoms with E-state index in [-0.39, 0.29) is 30.5 Å². The molecule has 9 heteroatoms. The molecule has 1 aliphatic rings. The molecule has 24 heavy (non-hydrogen) atoms. The molecule has 1 aromatic heterocycles. The number of carbonyl (C=O) groups excluding carboxylic acids is 1. The molecule has 0 bridgehead atoms. The molecule has 1 saturated heterocycles. The summed E-state index contributed by atoms with van der Waals surface area (Å²) in [5, 5.41) is 2.76. The third-order valence-corrected chi connectivity index (χ3v) is 3.54. The summed E-state index contributed by atoms with van der Waals surface area (Å²) in [4.78, 5) is 20.3. The molecule has 0 aliphatic carbocycles. The number of anilines is 2. The number of nitrogens with one attached hydrogen (secondary N) is 1. The zero-order valence-electron chi connectivity index (χ0n) is 12.6. The van der Waals surface area contributed by atoms with Gasteiger partial charge in [0.15, 0.2) is 23.3 Å². The van der Waals surface area contributed by atoms with E-state index in [0.29, 0.717) is 0 Å². The van der Waals surface area contributed by atoms with Gasteiger partial charge in [0, 0.05) is 5.56 Å². The first kappa shape index (κ1) is 16.0. The predicted octanol–water partition coefficient (Wildman–Crippen LogP) is 3.02. The van der Waals surface area contributed by atoms with E-state index in [1.165, 1.54) is 12.1 Å². The second-order valence-electron chi connectivity index (χ2n) is 5.14. The van der Waals surface area contributed by atoms with Gasteiger partial charge >= 0.3 is 6.09 Å². The van der Waals surface area contributed by atoms with Gasteiger partial charge in [0.1, 0.15) is 6.61 Å². The van der Waals surface area contributed by atoms with E-state index >= 15 is 0 Å². The van der Waals surface area contributed by atoms with E-state index in [4.69, 9.17) is 4.74 Å². The summed E-state index contributed by atoms with van der Waals surface area (Å²) in [5.41, 5.74) is 0.0741. The Labute approximate surface area is 135 Å². The lowest BCUT2D eigenvalue weighted by Crippen LogP contribution is -2.26. The Kier molecular flexibility index (Phi) is 4.24. The first-order valence-corrected chi connectivity index (χ1v) is 7.14. The number of hydrogen-bond donors (Lipinski definition) is 1. The average molecular weight is 338 g/mol. The predicted molar refractivity (Wildman–Crippen MR) is 79.1 cm³/mol. The number of benzene rings is 1. The number of aromatic nitrogens is 2. The molecule has 2 aromatic rings. The van der Waals surface area contributed by atoms with Crippen LogP contribution < -0.4 is 10.2 Å². The SMILES string of the molecule is C[C@H](Nc1ncc(F)c(N2CCOC2=O)n1)c1cccc(F)c1F. The Morgan fingerprint density at radius 1 is 1.29 bits per heavy atom. The van der Waals surface area contributed by atoms with Crippen molar-refractivity contribution >= 4 is 17.9 Å². The monoisotopic (exact) mass is 338 g/mol. The Hall–Kier alpha value is -2.84. The summed E-state index contributed by atoms with van der Waals surface area (Å²) < 4.78 is 45.7. The van der Waals surface area contributed by atoms with Crippen LogP contribution in [0.1, 0.15) is 18.5 Å². The van der Waals surface area contributed by atoms with Crippen molar-refractivity contribution in [3.05, 3.63) is 47.4 Å². The highest BCUT2D eigenvalue weighted by Crippen LogP contribution is 2.24. The van der Waals surface area contributed by atoms with Crippen LogP contribution in [-0.4, -0.2) is 29.2 Å². The van der Waals surface area contributed by atoms with Crippen molar-refractivity contribution in [2.24, 2.45) is 0 Å². The van der Waals surface area contributed by atoms with E-state index in [1.807, 2.05) is 0 Å². The Bertz CT molecular complexity index is 787. The number of hydrogen-bond acceptors (Lipinski definition) is 5. The maximum Gasteiger partial charge on any atom is 0.415 e. The van der Waals surface area contributed by atoms with Crippen molar-refractivity contribution in [3.8, 4) is 0 Å². The molecular weight excluding hydrogens is 325 g/mol. The van der Waals surface area contributed by atoms with Crippen LogP contribution in [0.3, 0.4) is 0 Å². The molecule has 1 N–H and O–H groups in total. The van der Waals surface area contributed by atoms with Gasteiger partial charge in [-0.2, -0.15) is 4.98 Å². The highest BCUT2D eigenvalue weighted by molar-refractivity contribution is 5.88. The summed E-state index contributed by atoms with van der Waals surface area (Å²) in [6.45, 7) is 1.88. The lowest BCUT2D eigenvalue weighted by atomic mass is 10.1. The fourth-order valence-electron chi connectivity index (χ4n) is 2.33. The van der Waals surface area contributed by atoms with Crippen LogP contribution in [0.25, 0.3) is 0 Å². The Morgan fingerprint density at radius 3 is 2.79 bits per heavy atom. The molecular formula is C15H13F3N4O2. The standard InChI is InChI=1S/C15H13F3N4O2/c1-8(9-3-2-4-10(16)12(9)18)20-14-19-7-11(17)13(21-14)22-5-6-24-15(22)23/h2-4,7-8H,5-6H2,1H3,(H,19,20,21)/t8-/m0/s1. The number of carbonyl (C=O) groups is 1. The summed E-state index contributed by atoms with van der Waals surface area (Å²) in [6, 6.07) is 3.13. The normalized spacial score (nSPS) is 15.3. The van der Waals surface area contributed by atoms with E-state index in [2.05, 4.69) is 15.3 Å². The number of nitrogens with zero attached hydrogens (tertiary/aromatic N) is 3. The lowest BCUT2D eigenvalue weighted by Gasteiger charge is -2.17. The van der Waals surface area contributed by atoms with Gasteiger partial charge in [0.25, 0.3) is 0 Å². The first-order chi connectivity index (χ1) is 11.5. The fraction of sp³-hybridized carbons (Fsp3) is 0.267. The zero-order chi connectivity index (χ0) is 17.3. The summed E-state index contributed by atoms with van der Waals surface area (Å²) in [7, 11) is 0. The fourth-order valence-corrected chi connectivity index (χ4v) is 2.33. The van der Waals surface area contributed by atoms with Crippen molar-refractivity contribution in [2.75, 3.05) is 23.4 Å². The van der Waals surface area contributed by atoms with Gasteiger partial charge < -0.3 is 10.1 Å². The number of ether oxygens (including phenoxy) is 1. The minimum atomic E-state index is -0.983. The van der Waals surface area contributed by atoms with Crippen LogP contribution in [0.2, 0.25) is 0 Å². The molecule has 0 spiro atoms. The highest BCUT2D eigenvalue weighted by atomic mass is 19.2. The molecule has 2 heterocycles. The number of amides is 1. The van der Waals surface area contributed by atoms with Crippen molar-refractivity contribution in [1.82, 2.24) is 9.97 Å². The molecule has 6 nitrogen and oxygen atoms in total. The van der Waals surface area contributed by atoms with Gasteiger partial charge in [-0.05, 0) is 13.0 Å². The van der Waals surface area contributed by atoms with Gasteiger partial charge in [0.05, 0.1) is 18.8 Å². The lowest BCUT2D eigenvalue weighted by molar-refractivity contribution is 0.181. The second-order valence-corrected chi connectivity index (χ2v) is 5.14. The van der Waals surface area contributed by atoms with Crippen LogP contribution in [0.4, 0.5) is 29.7 Å². The molecule has 3 rings (SSSR count). The van der Waals surface area contributed by atoms with Gasteiger partial charge in [-0.25, -0.2) is 22.9 Å². The van der Waals surface area contributed by atoms with Gasteiger partial charge in [-0.3, -0.25) is 4.90 Å². The molecule has 0 radical (unpaired) electrons. The molecule has 1 atom stereocenters. The largest absolute Gasteiger partial charge is 0.447 e. The number of cyclic esters (lactones) is 1. The zero-order valence-corrected chi connectivity index (χ0v) is 12.6. The summed E-state index contributed by atoms with van der Waals surface area (Å²) >= 11 is 0. The van der Waals surface area contributed by atoms with Crippen molar-refractivity contribution in [2.45, 2.75) is 13.0 Å². The van der Waals surface area contributed by atoms with Crippen molar-refractivity contribution in [3.63, 3.8) is 0 Å². The van der Waals surface area contributed by atoms with Crippen molar-refractivity contribution < 1.29 is 22.7 Å². The Morgan fingerprint density at radius 2 is 2.08 bits per heavy atom. The minimum Gasteiger partial charge on any atom is -0.447 e. The van der Waals surface area contributed by atoms with E-state index < -0.39 is 29.6 Å². The quantitative estimate of drug-likeness (QED) is 0.928. The van der Waals surface area contributed by atoms with Crippen LogP contribution in [0, 0.1) is 17.5 Å². The van der Waals surface area contributed by atoms with Gasteiger partial charge in [-0.15, -0.1) is 0 Å². The third-order valence-electron chi connectivity index (χ3n) is 3.54. The molecule has 1 aliphatic heterocycles. The summed E-state index contributed by atoms with van der Waals surface area (Å²) in [6.07, 6.45) is 0.188. The van der Waals surface area contributed by atoms with Crippen LogP contribution in [0.5, 0.6) is 0 Å². The topological polar surface area (TPSA) is 67.3 Å². The molecule has 1 amide bonds. The number of halogens is 3. The van der Waals surface area contributed by atoms with Gasteiger partial charge in [-0.1, -0.05) is 12.1 Å². The Balaban J connectivity index is 1.85. The van der Waals surface area contributed by atoms with Crippen LogP contribution in [0.15, 0.2) is 24.4 Å². The van der Waals surface area contributed by atoms with Crippen molar-refractivity contribution in [1.29, 1.82) is 0 Å². The average Bonchev–Trinajstić information content (AvgIpc) is 2.97. The van der Waals surface area contributed by atoms with Crippen LogP contribution in [-0.2, 0) is 4.74 Å².